The van der Waals surface area contributed by atoms with Crippen LogP contribution in [0.15, 0.2) is 18.5 Å². The summed E-state index contributed by atoms with van der Waals surface area (Å²) in [5.74, 6) is -0.0964. The van der Waals surface area contributed by atoms with Crippen molar-refractivity contribution in [3.8, 4) is 0 Å². The van der Waals surface area contributed by atoms with Crippen molar-refractivity contribution < 1.29 is 4.79 Å². The lowest BCUT2D eigenvalue weighted by Crippen LogP contribution is -2.25. The standard InChI is InChI=1S/C15H20ClN5O/c1-5-21-11(2)12(8-18-21)6-7-15(22)19(3)10-14-13(16)9-17-20(14)4/h6-9H,5,10H2,1-4H3/b7-6+. The Kier molecular flexibility index (Phi) is 5.03. The van der Waals surface area contributed by atoms with E-state index in [1.807, 2.05) is 18.5 Å². The van der Waals surface area contributed by atoms with Crippen LogP contribution in [0.5, 0.6) is 0 Å². The summed E-state index contributed by atoms with van der Waals surface area (Å²) in [5, 5.41) is 8.88. The summed E-state index contributed by atoms with van der Waals surface area (Å²) >= 11 is 6.06. The van der Waals surface area contributed by atoms with E-state index in [4.69, 9.17) is 11.6 Å². The first kappa shape index (κ1) is 16.3. The summed E-state index contributed by atoms with van der Waals surface area (Å²) in [4.78, 5) is 13.8. The molecule has 0 aliphatic rings. The number of aryl methyl sites for hydroxylation is 2. The van der Waals surface area contributed by atoms with Crippen LogP contribution in [-0.4, -0.2) is 37.4 Å². The number of likely N-dealkylation sites (N-methyl/N-ethyl adjacent to an activating group) is 1. The van der Waals surface area contributed by atoms with E-state index in [1.165, 1.54) is 0 Å². The van der Waals surface area contributed by atoms with Gasteiger partial charge in [0.15, 0.2) is 0 Å². The van der Waals surface area contributed by atoms with Crippen LogP contribution >= 0.6 is 11.6 Å². The number of hydrogen-bond acceptors (Lipinski definition) is 3. The van der Waals surface area contributed by atoms with Gasteiger partial charge in [-0.25, -0.2) is 0 Å². The molecule has 0 saturated carbocycles. The van der Waals surface area contributed by atoms with Gasteiger partial charge in [-0.3, -0.25) is 14.2 Å². The van der Waals surface area contributed by atoms with Gasteiger partial charge in [0.25, 0.3) is 0 Å². The van der Waals surface area contributed by atoms with Gasteiger partial charge >= 0.3 is 0 Å². The Morgan fingerprint density at radius 1 is 1.41 bits per heavy atom. The molecule has 0 aromatic carbocycles. The maximum absolute atomic E-state index is 12.2. The second-order valence-corrected chi connectivity index (χ2v) is 5.50. The van der Waals surface area contributed by atoms with Crippen molar-refractivity contribution in [1.82, 2.24) is 24.5 Å². The van der Waals surface area contributed by atoms with Crippen molar-refractivity contribution in [2.45, 2.75) is 26.9 Å². The Hall–Kier alpha value is -2.08. The molecule has 2 aromatic heterocycles. The average Bonchev–Trinajstić information content (AvgIpc) is 3.01. The van der Waals surface area contributed by atoms with Crippen LogP contribution < -0.4 is 0 Å². The van der Waals surface area contributed by atoms with E-state index in [-0.39, 0.29) is 5.91 Å². The highest BCUT2D eigenvalue weighted by molar-refractivity contribution is 6.31. The van der Waals surface area contributed by atoms with Gasteiger partial charge in [0, 0.05) is 38.0 Å². The van der Waals surface area contributed by atoms with Crippen LogP contribution in [0.3, 0.4) is 0 Å². The Morgan fingerprint density at radius 2 is 2.14 bits per heavy atom. The summed E-state index contributed by atoms with van der Waals surface area (Å²) in [5.41, 5.74) is 2.80. The number of nitrogens with zero attached hydrogens (tertiary/aromatic N) is 5. The van der Waals surface area contributed by atoms with Gasteiger partial charge in [0.1, 0.15) is 0 Å². The second-order valence-electron chi connectivity index (χ2n) is 5.09. The molecule has 0 N–H and O–H groups in total. The fourth-order valence-corrected chi connectivity index (χ4v) is 2.37. The first-order valence-electron chi connectivity index (χ1n) is 7.06. The van der Waals surface area contributed by atoms with E-state index in [0.29, 0.717) is 11.6 Å². The summed E-state index contributed by atoms with van der Waals surface area (Å²) in [6, 6.07) is 0. The van der Waals surface area contributed by atoms with E-state index < -0.39 is 0 Å². The second kappa shape index (κ2) is 6.79. The van der Waals surface area contributed by atoms with Gasteiger partial charge in [-0.1, -0.05) is 11.6 Å². The highest BCUT2D eigenvalue weighted by Crippen LogP contribution is 2.16. The number of hydrogen-bond donors (Lipinski definition) is 0. The first-order valence-corrected chi connectivity index (χ1v) is 7.43. The van der Waals surface area contributed by atoms with E-state index in [9.17, 15) is 4.79 Å². The predicted molar refractivity (Wildman–Crippen MR) is 86.4 cm³/mol. The molecule has 0 aliphatic carbocycles. The van der Waals surface area contributed by atoms with Crippen LogP contribution in [0.25, 0.3) is 6.08 Å². The van der Waals surface area contributed by atoms with Crippen LogP contribution in [-0.2, 0) is 24.9 Å². The number of aromatic nitrogens is 4. The van der Waals surface area contributed by atoms with Crippen molar-refractivity contribution in [2.75, 3.05) is 7.05 Å². The van der Waals surface area contributed by atoms with Gasteiger partial charge in [-0.15, -0.1) is 0 Å². The molecule has 22 heavy (non-hydrogen) atoms. The lowest BCUT2D eigenvalue weighted by atomic mass is 10.2. The number of carbonyl (C=O) groups is 1. The highest BCUT2D eigenvalue weighted by atomic mass is 35.5. The molecule has 0 spiro atoms. The molecule has 1 amide bonds. The van der Waals surface area contributed by atoms with Gasteiger partial charge < -0.3 is 4.90 Å². The molecule has 118 valence electrons. The number of amides is 1. The Morgan fingerprint density at radius 3 is 2.68 bits per heavy atom. The fraction of sp³-hybridized carbons (Fsp3) is 0.400. The molecule has 7 heteroatoms. The zero-order valence-corrected chi connectivity index (χ0v) is 14.0. The molecule has 6 nitrogen and oxygen atoms in total. The van der Waals surface area contributed by atoms with Crippen molar-refractivity contribution in [1.29, 1.82) is 0 Å². The minimum absolute atomic E-state index is 0.0964. The summed E-state index contributed by atoms with van der Waals surface area (Å²) in [6.07, 6.45) is 6.68. The number of carbonyl (C=O) groups excluding carboxylic acids is 1. The SMILES string of the molecule is CCn1ncc(/C=C/C(=O)N(C)Cc2c(Cl)cnn2C)c1C. The Labute approximate surface area is 135 Å². The molecule has 2 aromatic rings. The average molecular weight is 322 g/mol. The molecule has 0 unspecified atom stereocenters. The van der Waals surface area contributed by atoms with Gasteiger partial charge in [-0.05, 0) is 19.9 Å². The van der Waals surface area contributed by atoms with E-state index >= 15 is 0 Å². The van der Waals surface area contributed by atoms with Gasteiger partial charge in [0.05, 0.1) is 29.7 Å². The van der Waals surface area contributed by atoms with Gasteiger partial charge in [-0.2, -0.15) is 10.2 Å². The third-order valence-electron chi connectivity index (χ3n) is 3.62. The van der Waals surface area contributed by atoms with E-state index in [0.717, 1.165) is 23.5 Å². The van der Waals surface area contributed by atoms with Crippen LogP contribution in [0.2, 0.25) is 5.02 Å². The smallest absolute Gasteiger partial charge is 0.246 e. The molecule has 0 radical (unpaired) electrons. The molecule has 2 rings (SSSR count). The zero-order chi connectivity index (χ0) is 16.3. The molecule has 0 saturated heterocycles. The Bertz CT molecular complexity index is 681. The van der Waals surface area contributed by atoms with Crippen LogP contribution in [0, 0.1) is 6.92 Å². The van der Waals surface area contributed by atoms with Crippen LogP contribution in [0.4, 0.5) is 0 Å². The third kappa shape index (κ3) is 3.39. The fourth-order valence-electron chi connectivity index (χ4n) is 2.15. The summed E-state index contributed by atoms with van der Waals surface area (Å²) < 4.78 is 3.56. The van der Waals surface area contributed by atoms with Crippen molar-refractivity contribution in [3.63, 3.8) is 0 Å². The maximum Gasteiger partial charge on any atom is 0.246 e. The first-order chi connectivity index (χ1) is 10.4. The summed E-state index contributed by atoms with van der Waals surface area (Å²) in [7, 11) is 3.54. The monoisotopic (exact) mass is 321 g/mol. The quantitative estimate of drug-likeness (QED) is 0.794. The predicted octanol–water partition coefficient (Wildman–Crippen LogP) is 2.27. The zero-order valence-electron chi connectivity index (χ0n) is 13.2. The normalized spacial score (nSPS) is 11.3. The van der Waals surface area contributed by atoms with Crippen LogP contribution in [0.1, 0.15) is 23.9 Å². The summed E-state index contributed by atoms with van der Waals surface area (Å²) in [6.45, 7) is 5.24. The van der Waals surface area contributed by atoms with Crippen molar-refractivity contribution in [3.05, 3.63) is 40.4 Å². The third-order valence-corrected chi connectivity index (χ3v) is 3.94. The molecule has 0 atom stereocenters. The topological polar surface area (TPSA) is 56.0 Å². The molecular weight excluding hydrogens is 302 g/mol. The largest absolute Gasteiger partial charge is 0.336 e. The molecule has 0 fully saturated rings. The molecule has 0 bridgehead atoms. The van der Waals surface area contributed by atoms with Crippen molar-refractivity contribution >= 4 is 23.6 Å². The number of rotatable bonds is 5. The number of halogens is 1. The Balaban J connectivity index is 2.05. The lowest BCUT2D eigenvalue weighted by Gasteiger charge is -2.15. The van der Waals surface area contributed by atoms with E-state index in [1.54, 1.807) is 48.2 Å². The minimum Gasteiger partial charge on any atom is -0.336 e. The maximum atomic E-state index is 12.2. The van der Waals surface area contributed by atoms with E-state index in [2.05, 4.69) is 10.2 Å². The molecule has 2 heterocycles. The molecular formula is C15H20ClN5O. The molecule has 0 aliphatic heterocycles. The highest BCUT2D eigenvalue weighted by Gasteiger charge is 2.12. The lowest BCUT2D eigenvalue weighted by molar-refractivity contribution is -0.125. The minimum atomic E-state index is -0.0964. The van der Waals surface area contributed by atoms with Crippen molar-refractivity contribution in [2.24, 2.45) is 7.05 Å². The van der Waals surface area contributed by atoms with Gasteiger partial charge in [0.2, 0.25) is 5.91 Å².